The Hall–Kier alpha value is -1.35. The maximum Gasteiger partial charge on any atom is 0.123 e. The average molecular weight is 320 g/mol. The van der Waals surface area contributed by atoms with Crippen LogP contribution in [0.15, 0.2) is 53.0 Å². The van der Waals surface area contributed by atoms with Crippen molar-refractivity contribution in [2.75, 3.05) is 5.32 Å². The van der Waals surface area contributed by atoms with E-state index in [1.807, 2.05) is 0 Å². The van der Waals surface area contributed by atoms with Gasteiger partial charge in [-0.2, -0.15) is 0 Å². The van der Waals surface area contributed by atoms with E-state index < -0.39 is 0 Å². The molecule has 1 nitrogen and oxygen atoms in total. The summed E-state index contributed by atoms with van der Waals surface area (Å²) >= 11 is 3.51. The van der Waals surface area contributed by atoms with Gasteiger partial charge in [-0.3, -0.25) is 0 Å². The number of rotatable bonds is 3. The Morgan fingerprint density at radius 3 is 2.47 bits per heavy atom. The third-order valence-corrected chi connectivity index (χ3v) is 4.17. The minimum Gasteiger partial charge on any atom is -0.382 e. The first-order chi connectivity index (χ1) is 9.20. The summed E-state index contributed by atoms with van der Waals surface area (Å²) in [6.45, 7) is 0. The summed E-state index contributed by atoms with van der Waals surface area (Å²) in [7, 11) is 0. The molecule has 1 aliphatic rings. The summed E-state index contributed by atoms with van der Waals surface area (Å²) in [5.74, 6) is 0.446. The number of halogens is 2. The molecule has 0 bridgehead atoms. The van der Waals surface area contributed by atoms with Crippen molar-refractivity contribution in [1.82, 2.24) is 0 Å². The molecule has 19 heavy (non-hydrogen) atoms. The molecule has 0 aromatic heterocycles. The average Bonchev–Trinajstić information content (AvgIpc) is 2.35. The predicted molar refractivity (Wildman–Crippen MR) is 79.9 cm³/mol. The van der Waals surface area contributed by atoms with E-state index in [1.165, 1.54) is 17.7 Å². The molecule has 1 N–H and O–H groups in total. The highest BCUT2D eigenvalue weighted by Crippen LogP contribution is 2.39. The Bertz CT molecular complexity index is 561. The molecule has 0 radical (unpaired) electrons. The van der Waals surface area contributed by atoms with Gasteiger partial charge in [0.2, 0.25) is 0 Å². The van der Waals surface area contributed by atoms with Crippen molar-refractivity contribution in [3.8, 4) is 0 Å². The van der Waals surface area contributed by atoms with Crippen LogP contribution in [0.4, 0.5) is 10.1 Å². The Morgan fingerprint density at radius 2 is 1.79 bits per heavy atom. The monoisotopic (exact) mass is 319 g/mol. The van der Waals surface area contributed by atoms with E-state index in [1.54, 1.807) is 12.1 Å². The Labute approximate surface area is 121 Å². The summed E-state index contributed by atoms with van der Waals surface area (Å²) in [6, 6.07) is 15.6. The van der Waals surface area contributed by atoms with Gasteiger partial charge >= 0.3 is 0 Å². The molecule has 98 valence electrons. The van der Waals surface area contributed by atoms with Crippen molar-refractivity contribution < 1.29 is 4.39 Å². The molecule has 0 amide bonds. The van der Waals surface area contributed by atoms with Gasteiger partial charge < -0.3 is 5.32 Å². The maximum absolute atomic E-state index is 12.8. The highest BCUT2D eigenvalue weighted by Gasteiger charge is 2.30. The third kappa shape index (κ3) is 2.98. The van der Waals surface area contributed by atoms with Crippen molar-refractivity contribution in [2.45, 2.75) is 24.8 Å². The second-order valence-electron chi connectivity index (χ2n) is 5.07. The van der Waals surface area contributed by atoms with E-state index in [0.29, 0.717) is 12.0 Å². The fourth-order valence-corrected chi connectivity index (χ4v) is 2.97. The zero-order valence-corrected chi connectivity index (χ0v) is 12.0. The second-order valence-corrected chi connectivity index (χ2v) is 5.99. The molecule has 0 aliphatic heterocycles. The maximum atomic E-state index is 12.8. The van der Waals surface area contributed by atoms with Gasteiger partial charge in [-0.25, -0.2) is 4.39 Å². The van der Waals surface area contributed by atoms with Crippen molar-refractivity contribution in [3.63, 3.8) is 0 Å². The minimum absolute atomic E-state index is 0.189. The molecule has 1 fully saturated rings. The summed E-state index contributed by atoms with van der Waals surface area (Å²) in [4.78, 5) is 0. The highest BCUT2D eigenvalue weighted by molar-refractivity contribution is 9.10. The number of hydrogen-bond donors (Lipinski definition) is 1. The molecule has 3 heteroatoms. The van der Waals surface area contributed by atoms with Gasteiger partial charge in [-0.05, 0) is 60.7 Å². The Morgan fingerprint density at radius 1 is 1.05 bits per heavy atom. The fourth-order valence-electron chi connectivity index (χ4n) is 2.55. The van der Waals surface area contributed by atoms with Crippen LogP contribution >= 0.6 is 15.9 Å². The molecule has 2 aromatic rings. The van der Waals surface area contributed by atoms with Crippen LogP contribution in [-0.2, 0) is 0 Å². The van der Waals surface area contributed by atoms with Crippen LogP contribution in [0.5, 0.6) is 0 Å². The largest absolute Gasteiger partial charge is 0.382 e. The standard InChI is InChI=1S/C16H15BrFN/c17-13-3-1-2-11(8-13)12-9-16(10-12)19-15-6-4-14(18)5-7-15/h1-8,12,16,19H,9-10H2. The van der Waals surface area contributed by atoms with Crippen LogP contribution in [0.25, 0.3) is 0 Å². The number of hydrogen-bond acceptors (Lipinski definition) is 1. The summed E-state index contributed by atoms with van der Waals surface area (Å²) in [6.07, 6.45) is 2.27. The minimum atomic E-state index is -0.189. The molecule has 1 saturated carbocycles. The van der Waals surface area contributed by atoms with Crippen LogP contribution in [-0.4, -0.2) is 6.04 Å². The van der Waals surface area contributed by atoms with Gasteiger partial charge in [0.05, 0.1) is 0 Å². The van der Waals surface area contributed by atoms with Crippen LogP contribution in [0.2, 0.25) is 0 Å². The molecular formula is C16H15BrFN. The first-order valence-corrected chi connectivity index (χ1v) is 7.27. The molecule has 0 saturated heterocycles. The van der Waals surface area contributed by atoms with E-state index in [-0.39, 0.29) is 5.82 Å². The lowest BCUT2D eigenvalue weighted by molar-refractivity contribution is 0.374. The lowest BCUT2D eigenvalue weighted by Crippen LogP contribution is -2.33. The summed E-state index contributed by atoms with van der Waals surface area (Å²) in [5.41, 5.74) is 2.39. The van der Waals surface area contributed by atoms with Crippen molar-refractivity contribution in [2.24, 2.45) is 0 Å². The zero-order chi connectivity index (χ0) is 13.2. The predicted octanol–water partition coefficient (Wildman–Crippen LogP) is 4.95. The Kier molecular flexibility index (Phi) is 3.56. The van der Waals surface area contributed by atoms with Gasteiger partial charge in [-0.1, -0.05) is 28.1 Å². The first kappa shape index (κ1) is 12.7. The van der Waals surface area contributed by atoms with E-state index in [4.69, 9.17) is 0 Å². The highest BCUT2D eigenvalue weighted by atomic mass is 79.9. The van der Waals surface area contributed by atoms with Crippen molar-refractivity contribution >= 4 is 21.6 Å². The van der Waals surface area contributed by atoms with Crippen LogP contribution in [0, 0.1) is 5.82 Å². The van der Waals surface area contributed by atoms with Crippen molar-refractivity contribution in [3.05, 3.63) is 64.4 Å². The van der Waals surface area contributed by atoms with Crippen LogP contribution < -0.4 is 5.32 Å². The van der Waals surface area contributed by atoms with E-state index >= 15 is 0 Å². The van der Waals surface area contributed by atoms with Gasteiger partial charge in [0.1, 0.15) is 5.82 Å². The molecule has 3 rings (SSSR count). The van der Waals surface area contributed by atoms with Gasteiger partial charge in [0.25, 0.3) is 0 Å². The van der Waals surface area contributed by atoms with E-state index in [2.05, 4.69) is 45.5 Å². The summed E-state index contributed by atoms with van der Waals surface area (Å²) < 4.78 is 13.9. The van der Waals surface area contributed by atoms with E-state index in [9.17, 15) is 4.39 Å². The van der Waals surface area contributed by atoms with Gasteiger partial charge in [0, 0.05) is 16.2 Å². The second kappa shape index (κ2) is 5.33. The molecule has 0 unspecified atom stereocenters. The SMILES string of the molecule is Fc1ccc(NC2CC(c3cccc(Br)c3)C2)cc1. The molecule has 2 aromatic carbocycles. The van der Waals surface area contributed by atoms with Crippen molar-refractivity contribution in [1.29, 1.82) is 0 Å². The topological polar surface area (TPSA) is 12.0 Å². The number of nitrogens with one attached hydrogen (secondary N) is 1. The molecule has 0 atom stereocenters. The first-order valence-electron chi connectivity index (χ1n) is 6.48. The lowest BCUT2D eigenvalue weighted by Gasteiger charge is -2.37. The van der Waals surface area contributed by atoms with Gasteiger partial charge in [0.15, 0.2) is 0 Å². The van der Waals surface area contributed by atoms with E-state index in [0.717, 1.165) is 23.0 Å². The number of benzene rings is 2. The normalized spacial score (nSPS) is 21.8. The molecule has 0 spiro atoms. The molecule has 0 heterocycles. The molecule has 1 aliphatic carbocycles. The zero-order valence-electron chi connectivity index (χ0n) is 10.4. The van der Waals surface area contributed by atoms with Gasteiger partial charge in [-0.15, -0.1) is 0 Å². The Balaban J connectivity index is 1.57. The lowest BCUT2D eigenvalue weighted by atomic mass is 9.76. The quantitative estimate of drug-likeness (QED) is 0.844. The van der Waals surface area contributed by atoms with Crippen LogP contribution in [0.1, 0.15) is 24.3 Å². The number of anilines is 1. The molecular weight excluding hydrogens is 305 g/mol. The smallest absolute Gasteiger partial charge is 0.123 e. The summed E-state index contributed by atoms with van der Waals surface area (Å²) in [5, 5.41) is 3.44. The van der Waals surface area contributed by atoms with Crippen LogP contribution in [0.3, 0.4) is 0 Å². The fraction of sp³-hybridized carbons (Fsp3) is 0.250. The third-order valence-electron chi connectivity index (χ3n) is 3.67.